The van der Waals surface area contributed by atoms with Crippen LogP contribution in [0.15, 0.2) is 48.5 Å². The van der Waals surface area contributed by atoms with Crippen LogP contribution in [0.1, 0.15) is 59.6 Å². The Bertz CT molecular complexity index is 1030. The molecular formula is C24H26F3N3O4. The van der Waals surface area contributed by atoms with E-state index in [4.69, 9.17) is 5.73 Å². The summed E-state index contributed by atoms with van der Waals surface area (Å²) >= 11 is 0. The summed E-state index contributed by atoms with van der Waals surface area (Å²) in [4.78, 5) is 38.6. The first kappa shape index (κ1) is 25.2. The molecule has 4 N–H and O–H groups in total. The predicted molar refractivity (Wildman–Crippen MR) is 119 cm³/mol. The lowest BCUT2D eigenvalue weighted by molar-refractivity contribution is -0.137. The number of carbonyl (C=O) groups is 3. The Hall–Kier alpha value is -3.40. The van der Waals surface area contributed by atoms with Gasteiger partial charge < -0.3 is 16.2 Å². The Labute approximate surface area is 194 Å². The molecule has 2 aromatic carbocycles. The van der Waals surface area contributed by atoms with E-state index < -0.39 is 42.1 Å². The van der Waals surface area contributed by atoms with E-state index >= 15 is 0 Å². The molecule has 1 aliphatic rings. The van der Waals surface area contributed by atoms with Crippen LogP contribution in [0.3, 0.4) is 0 Å². The van der Waals surface area contributed by atoms with E-state index in [1.807, 2.05) is 0 Å². The predicted octanol–water partition coefficient (Wildman–Crippen LogP) is 3.89. The zero-order chi connectivity index (χ0) is 24.9. The third-order valence-electron chi connectivity index (χ3n) is 5.83. The molecule has 1 saturated carbocycles. The number of rotatable bonds is 7. The quantitative estimate of drug-likeness (QED) is 0.560. The SMILES string of the molecule is NCC(=O)N(c1cccc(C(F)(F)F)c1)C(C(=O)NC1CCCCC1)c1ccc(C(=O)O)cc1. The maximum Gasteiger partial charge on any atom is 0.416 e. The first-order valence-electron chi connectivity index (χ1n) is 10.9. The van der Waals surface area contributed by atoms with Gasteiger partial charge in [-0.05, 0) is 48.7 Å². The van der Waals surface area contributed by atoms with E-state index in [0.717, 1.165) is 55.2 Å². The van der Waals surface area contributed by atoms with Crippen LogP contribution in [0.25, 0.3) is 0 Å². The number of hydrogen-bond acceptors (Lipinski definition) is 4. The van der Waals surface area contributed by atoms with Gasteiger partial charge in [0.2, 0.25) is 11.8 Å². The molecule has 2 amide bonds. The molecule has 2 aromatic rings. The van der Waals surface area contributed by atoms with Crippen molar-refractivity contribution >= 4 is 23.5 Å². The minimum absolute atomic E-state index is 0.0361. The Morgan fingerprint density at radius 3 is 2.26 bits per heavy atom. The molecule has 0 spiro atoms. The Morgan fingerprint density at radius 1 is 1.06 bits per heavy atom. The summed E-state index contributed by atoms with van der Waals surface area (Å²) in [7, 11) is 0. The third kappa shape index (κ3) is 5.93. The molecule has 34 heavy (non-hydrogen) atoms. The number of hydrogen-bond donors (Lipinski definition) is 3. The lowest BCUT2D eigenvalue weighted by Crippen LogP contribution is -2.48. The lowest BCUT2D eigenvalue weighted by atomic mass is 9.94. The smallest absolute Gasteiger partial charge is 0.416 e. The number of carboxylic acids is 1. The average molecular weight is 477 g/mol. The van der Waals surface area contributed by atoms with Crippen LogP contribution in [-0.4, -0.2) is 35.5 Å². The number of nitrogens with two attached hydrogens (primary N) is 1. The monoisotopic (exact) mass is 477 g/mol. The number of halogens is 3. The average Bonchev–Trinajstić information content (AvgIpc) is 2.82. The van der Waals surface area contributed by atoms with Crippen molar-refractivity contribution in [3.63, 3.8) is 0 Å². The fraction of sp³-hybridized carbons (Fsp3) is 0.375. The van der Waals surface area contributed by atoms with Crippen LogP contribution >= 0.6 is 0 Å². The molecule has 1 aliphatic carbocycles. The van der Waals surface area contributed by atoms with Crippen molar-refractivity contribution in [2.75, 3.05) is 11.4 Å². The van der Waals surface area contributed by atoms with Crippen molar-refractivity contribution in [2.45, 2.75) is 50.4 Å². The highest BCUT2D eigenvalue weighted by atomic mass is 19.4. The Kier molecular flexibility index (Phi) is 7.93. The van der Waals surface area contributed by atoms with Gasteiger partial charge in [0.1, 0.15) is 6.04 Å². The number of alkyl halides is 3. The van der Waals surface area contributed by atoms with E-state index in [2.05, 4.69) is 5.32 Å². The van der Waals surface area contributed by atoms with Gasteiger partial charge in [-0.1, -0.05) is 37.5 Å². The second kappa shape index (κ2) is 10.7. The number of amides is 2. The van der Waals surface area contributed by atoms with Crippen molar-refractivity contribution in [2.24, 2.45) is 5.73 Å². The van der Waals surface area contributed by atoms with Crippen molar-refractivity contribution in [1.82, 2.24) is 5.32 Å². The lowest BCUT2D eigenvalue weighted by Gasteiger charge is -2.33. The molecule has 0 aromatic heterocycles. The first-order valence-corrected chi connectivity index (χ1v) is 10.9. The van der Waals surface area contributed by atoms with Gasteiger partial charge in [-0.2, -0.15) is 13.2 Å². The first-order chi connectivity index (χ1) is 16.1. The third-order valence-corrected chi connectivity index (χ3v) is 5.83. The van der Waals surface area contributed by atoms with Crippen LogP contribution < -0.4 is 16.0 Å². The van der Waals surface area contributed by atoms with E-state index in [1.165, 1.54) is 30.3 Å². The molecule has 0 bridgehead atoms. The number of anilines is 1. The summed E-state index contributed by atoms with van der Waals surface area (Å²) in [6.07, 6.45) is -0.232. The molecule has 3 rings (SSSR count). The summed E-state index contributed by atoms with van der Waals surface area (Å²) in [5.74, 6) is -2.51. The molecule has 1 fully saturated rings. The highest BCUT2D eigenvalue weighted by molar-refractivity contribution is 6.02. The van der Waals surface area contributed by atoms with Crippen molar-refractivity contribution in [1.29, 1.82) is 0 Å². The molecule has 7 nitrogen and oxygen atoms in total. The van der Waals surface area contributed by atoms with Gasteiger partial charge in [0.15, 0.2) is 0 Å². The number of nitrogens with one attached hydrogen (secondary N) is 1. The van der Waals surface area contributed by atoms with Crippen molar-refractivity contribution in [3.8, 4) is 0 Å². The van der Waals surface area contributed by atoms with Crippen LogP contribution in [0, 0.1) is 0 Å². The molecule has 0 aliphatic heterocycles. The standard InChI is InChI=1S/C24H26F3N3O4/c25-24(26,27)17-5-4-8-19(13-17)30(20(31)14-28)21(15-9-11-16(12-10-15)23(33)34)22(32)29-18-6-2-1-3-7-18/h4-5,8-13,18,21H,1-3,6-7,14,28H2,(H,29,32)(H,33,34). The van der Waals surface area contributed by atoms with Gasteiger partial charge in [-0.25, -0.2) is 4.79 Å². The molecule has 1 atom stereocenters. The topological polar surface area (TPSA) is 113 Å². The van der Waals surface area contributed by atoms with Crippen LogP contribution in [0.4, 0.5) is 18.9 Å². The molecule has 0 heterocycles. The molecular weight excluding hydrogens is 451 g/mol. The molecule has 0 radical (unpaired) electrons. The summed E-state index contributed by atoms with van der Waals surface area (Å²) in [6, 6.07) is 7.94. The van der Waals surface area contributed by atoms with Gasteiger partial charge in [-0.15, -0.1) is 0 Å². The highest BCUT2D eigenvalue weighted by Gasteiger charge is 2.36. The number of carboxylic acid groups (broad SMARTS) is 1. The second-order valence-corrected chi connectivity index (χ2v) is 8.19. The summed E-state index contributed by atoms with van der Waals surface area (Å²) < 4.78 is 40.1. The zero-order valence-electron chi connectivity index (χ0n) is 18.3. The van der Waals surface area contributed by atoms with E-state index in [-0.39, 0.29) is 22.9 Å². The normalized spacial score (nSPS) is 15.4. The Morgan fingerprint density at radius 2 is 1.71 bits per heavy atom. The fourth-order valence-corrected chi connectivity index (χ4v) is 4.12. The van der Waals surface area contributed by atoms with Crippen molar-refractivity contribution < 1.29 is 32.7 Å². The molecule has 1 unspecified atom stereocenters. The zero-order valence-corrected chi connectivity index (χ0v) is 18.3. The maximum atomic E-state index is 13.5. The van der Waals surface area contributed by atoms with Crippen LogP contribution in [-0.2, 0) is 15.8 Å². The maximum absolute atomic E-state index is 13.5. The Balaban J connectivity index is 2.08. The van der Waals surface area contributed by atoms with Gasteiger partial charge >= 0.3 is 12.1 Å². The van der Waals surface area contributed by atoms with E-state index in [9.17, 15) is 32.7 Å². The summed E-state index contributed by atoms with van der Waals surface area (Å²) in [5, 5.41) is 12.1. The van der Waals surface area contributed by atoms with Gasteiger partial charge in [-0.3, -0.25) is 14.5 Å². The van der Waals surface area contributed by atoms with Crippen LogP contribution in [0.5, 0.6) is 0 Å². The number of benzene rings is 2. The van der Waals surface area contributed by atoms with Gasteiger partial charge in [0.05, 0.1) is 17.7 Å². The summed E-state index contributed by atoms with van der Waals surface area (Å²) in [6.45, 7) is -0.545. The van der Waals surface area contributed by atoms with Gasteiger partial charge in [0.25, 0.3) is 0 Å². The minimum atomic E-state index is -4.66. The highest BCUT2D eigenvalue weighted by Crippen LogP contribution is 2.35. The number of carbonyl (C=O) groups excluding carboxylic acids is 2. The fourth-order valence-electron chi connectivity index (χ4n) is 4.12. The van der Waals surface area contributed by atoms with Crippen molar-refractivity contribution in [3.05, 3.63) is 65.2 Å². The largest absolute Gasteiger partial charge is 0.478 e. The molecule has 182 valence electrons. The second-order valence-electron chi connectivity index (χ2n) is 8.19. The summed E-state index contributed by atoms with van der Waals surface area (Å²) in [5.41, 5.74) is 4.67. The number of aromatic carboxylic acids is 1. The minimum Gasteiger partial charge on any atom is -0.478 e. The van der Waals surface area contributed by atoms with E-state index in [0.29, 0.717) is 0 Å². The molecule has 10 heteroatoms. The molecule has 0 saturated heterocycles. The van der Waals surface area contributed by atoms with Crippen LogP contribution in [0.2, 0.25) is 0 Å². The van der Waals surface area contributed by atoms with E-state index in [1.54, 1.807) is 0 Å². The van der Waals surface area contributed by atoms with Gasteiger partial charge in [0, 0.05) is 11.7 Å². The number of nitrogens with zero attached hydrogens (tertiary/aromatic N) is 1.